The zero-order valence-corrected chi connectivity index (χ0v) is 17.2. The second kappa shape index (κ2) is 7.03. The van der Waals surface area contributed by atoms with Gasteiger partial charge in [-0.15, -0.1) is 0 Å². The molecule has 4 bridgehead atoms. The molecule has 1 atom stereocenters. The molecule has 0 spiro atoms. The summed E-state index contributed by atoms with van der Waals surface area (Å²) in [7, 11) is 0. The Labute approximate surface area is 163 Å². The predicted octanol–water partition coefficient (Wildman–Crippen LogP) is 4.85. The second-order valence-corrected chi connectivity index (χ2v) is 9.59. The summed E-state index contributed by atoms with van der Waals surface area (Å²) in [6.45, 7) is 8.59. The number of urea groups is 1. The summed E-state index contributed by atoms with van der Waals surface area (Å²) >= 11 is 0. The molecule has 2 N–H and O–H groups in total. The van der Waals surface area contributed by atoms with Gasteiger partial charge in [-0.25, -0.2) is 4.79 Å². The van der Waals surface area contributed by atoms with E-state index in [-0.39, 0.29) is 18.8 Å². The maximum Gasteiger partial charge on any atom is 0.317 e. The second-order valence-electron chi connectivity index (χ2n) is 9.59. The fraction of sp³-hybridized carbons (Fsp3) is 0.696. The lowest BCUT2D eigenvalue weighted by Crippen LogP contribution is -2.57. The van der Waals surface area contributed by atoms with E-state index in [0.29, 0.717) is 5.41 Å². The molecule has 4 aliphatic rings. The van der Waals surface area contributed by atoms with Gasteiger partial charge in [-0.2, -0.15) is 0 Å². The van der Waals surface area contributed by atoms with Crippen LogP contribution in [0, 0.1) is 43.9 Å². The number of nitrogens with one attached hydrogen (secondary N) is 2. The molecule has 1 aromatic carbocycles. The molecule has 5 rings (SSSR count). The summed E-state index contributed by atoms with van der Waals surface area (Å²) in [4.78, 5) is 12.5. The van der Waals surface area contributed by atoms with Crippen LogP contribution in [0.4, 0.5) is 4.79 Å². The van der Waals surface area contributed by atoms with Gasteiger partial charge >= 0.3 is 6.03 Å². The highest BCUT2D eigenvalue weighted by molar-refractivity contribution is 5.74. The van der Waals surface area contributed by atoms with Gasteiger partial charge in [0.25, 0.3) is 0 Å². The Hall–Kier alpha value is -1.71. The maximum atomic E-state index is 12.5. The van der Waals surface area contributed by atoms with Crippen LogP contribution in [-0.2, 0) is 0 Å². The van der Waals surface area contributed by atoms with Crippen molar-refractivity contribution in [1.82, 2.24) is 10.6 Å². The van der Waals surface area contributed by atoms with Crippen LogP contribution in [0.2, 0.25) is 0 Å². The van der Waals surface area contributed by atoms with Crippen molar-refractivity contribution in [2.45, 2.75) is 72.3 Å². The smallest absolute Gasteiger partial charge is 0.317 e. The molecule has 0 aromatic heterocycles. The number of ether oxygens (including phenoxy) is 1. The molecule has 4 nitrogen and oxygen atoms in total. The first-order valence-electron chi connectivity index (χ1n) is 10.6. The fourth-order valence-electron chi connectivity index (χ4n) is 6.43. The zero-order valence-electron chi connectivity index (χ0n) is 17.2. The van der Waals surface area contributed by atoms with E-state index in [1.807, 2.05) is 6.92 Å². The van der Waals surface area contributed by atoms with Gasteiger partial charge < -0.3 is 15.4 Å². The first-order chi connectivity index (χ1) is 12.9. The van der Waals surface area contributed by atoms with Crippen LogP contribution >= 0.6 is 0 Å². The Morgan fingerprint density at radius 2 is 1.63 bits per heavy atom. The van der Waals surface area contributed by atoms with Crippen molar-refractivity contribution < 1.29 is 9.53 Å². The van der Waals surface area contributed by atoms with E-state index in [2.05, 4.69) is 43.5 Å². The Kier molecular flexibility index (Phi) is 4.85. The van der Waals surface area contributed by atoms with Gasteiger partial charge in [0, 0.05) is 6.04 Å². The minimum atomic E-state index is -0.110. The third-order valence-electron chi connectivity index (χ3n) is 7.67. The Morgan fingerprint density at radius 3 is 2.22 bits per heavy atom. The number of hydrogen-bond donors (Lipinski definition) is 2. The SMILES string of the molecule is Cc1ccc(C)c(OCNC(=O)NC(C)C23CC4CC(CC(C4)C2)C3)c1C. The molecule has 1 unspecified atom stereocenters. The molecule has 2 amide bonds. The number of carbonyl (C=O) groups excluding carboxylic acids is 1. The van der Waals surface area contributed by atoms with Gasteiger partial charge in [-0.1, -0.05) is 12.1 Å². The average Bonchev–Trinajstić information content (AvgIpc) is 2.60. The zero-order chi connectivity index (χ0) is 19.2. The van der Waals surface area contributed by atoms with Gasteiger partial charge in [0.05, 0.1) is 0 Å². The summed E-state index contributed by atoms with van der Waals surface area (Å²) < 4.78 is 5.88. The lowest BCUT2D eigenvalue weighted by atomic mass is 9.48. The van der Waals surface area contributed by atoms with Gasteiger partial charge in [0.1, 0.15) is 5.75 Å². The van der Waals surface area contributed by atoms with Crippen molar-refractivity contribution in [3.8, 4) is 5.75 Å². The summed E-state index contributed by atoms with van der Waals surface area (Å²) in [5.74, 6) is 3.59. The molecule has 1 aromatic rings. The van der Waals surface area contributed by atoms with Crippen molar-refractivity contribution in [3.05, 3.63) is 28.8 Å². The van der Waals surface area contributed by atoms with Crippen molar-refractivity contribution in [2.75, 3.05) is 6.73 Å². The van der Waals surface area contributed by atoms with E-state index in [1.165, 1.54) is 44.1 Å². The molecule has 148 valence electrons. The normalized spacial score (nSPS) is 32.2. The van der Waals surface area contributed by atoms with E-state index < -0.39 is 0 Å². The Balaban J connectivity index is 1.31. The van der Waals surface area contributed by atoms with Crippen LogP contribution < -0.4 is 15.4 Å². The molecule has 4 fully saturated rings. The largest absolute Gasteiger partial charge is 0.473 e. The summed E-state index contributed by atoms with van der Waals surface area (Å²) in [6.07, 6.45) is 8.21. The van der Waals surface area contributed by atoms with Gasteiger partial charge in [-0.05, 0) is 106 Å². The van der Waals surface area contributed by atoms with E-state index in [9.17, 15) is 4.79 Å². The van der Waals surface area contributed by atoms with E-state index >= 15 is 0 Å². The van der Waals surface area contributed by atoms with E-state index in [4.69, 9.17) is 4.74 Å². The lowest BCUT2D eigenvalue weighted by molar-refractivity contribution is -0.0682. The van der Waals surface area contributed by atoms with Crippen molar-refractivity contribution in [3.63, 3.8) is 0 Å². The topological polar surface area (TPSA) is 50.4 Å². The van der Waals surface area contributed by atoms with Crippen LogP contribution in [0.3, 0.4) is 0 Å². The van der Waals surface area contributed by atoms with Crippen LogP contribution in [0.1, 0.15) is 62.1 Å². The fourth-order valence-corrected chi connectivity index (χ4v) is 6.43. The summed E-state index contributed by atoms with van der Waals surface area (Å²) in [5, 5.41) is 6.13. The number of rotatable bonds is 5. The number of aryl methyl sites for hydroxylation is 2. The molecule has 4 heteroatoms. The lowest BCUT2D eigenvalue weighted by Gasteiger charge is -2.59. The molecule has 0 radical (unpaired) electrons. The first-order valence-corrected chi connectivity index (χ1v) is 10.6. The number of benzene rings is 1. The standard InChI is InChI=1S/C23H34N2O2/c1-14-5-6-15(2)21(16(14)3)27-13-24-22(26)25-17(4)23-10-18-7-19(11-23)9-20(8-18)12-23/h5-6,17-20H,7-13H2,1-4H3,(H2,24,25,26). The average molecular weight is 371 g/mol. The third kappa shape index (κ3) is 3.55. The molecule has 4 saturated carbocycles. The van der Waals surface area contributed by atoms with Crippen LogP contribution in [-0.4, -0.2) is 18.8 Å². The molecule has 0 heterocycles. The molecular weight excluding hydrogens is 336 g/mol. The number of carbonyl (C=O) groups is 1. The van der Waals surface area contributed by atoms with Crippen molar-refractivity contribution in [1.29, 1.82) is 0 Å². The molecular formula is C23H34N2O2. The maximum absolute atomic E-state index is 12.5. The highest BCUT2D eigenvalue weighted by Gasteiger charge is 2.53. The quantitative estimate of drug-likeness (QED) is 0.728. The van der Waals surface area contributed by atoms with Gasteiger partial charge in [0.15, 0.2) is 6.73 Å². The molecule has 27 heavy (non-hydrogen) atoms. The summed E-state index contributed by atoms with van der Waals surface area (Å²) in [5.41, 5.74) is 3.77. The first kappa shape index (κ1) is 18.6. The van der Waals surface area contributed by atoms with Gasteiger partial charge in [0.2, 0.25) is 0 Å². The van der Waals surface area contributed by atoms with Crippen LogP contribution in [0.15, 0.2) is 12.1 Å². The summed E-state index contributed by atoms with van der Waals surface area (Å²) in [6, 6.07) is 4.28. The molecule has 0 saturated heterocycles. The minimum Gasteiger partial charge on any atom is -0.473 e. The Morgan fingerprint density at radius 1 is 1.07 bits per heavy atom. The van der Waals surface area contributed by atoms with Crippen molar-refractivity contribution in [2.24, 2.45) is 23.2 Å². The third-order valence-corrected chi connectivity index (χ3v) is 7.67. The highest BCUT2D eigenvalue weighted by Crippen LogP contribution is 2.61. The highest BCUT2D eigenvalue weighted by atomic mass is 16.5. The van der Waals surface area contributed by atoms with Crippen LogP contribution in [0.5, 0.6) is 5.75 Å². The predicted molar refractivity (Wildman–Crippen MR) is 108 cm³/mol. The van der Waals surface area contributed by atoms with Crippen LogP contribution in [0.25, 0.3) is 0 Å². The van der Waals surface area contributed by atoms with Crippen molar-refractivity contribution >= 4 is 6.03 Å². The number of amides is 2. The molecule has 4 aliphatic carbocycles. The Bertz CT molecular complexity index is 692. The van der Waals surface area contributed by atoms with E-state index in [0.717, 1.165) is 34.6 Å². The van der Waals surface area contributed by atoms with Gasteiger partial charge in [-0.3, -0.25) is 0 Å². The monoisotopic (exact) mass is 370 g/mol. The minimum absolute atomic E-state index is 0.110. The number of hydrogen-bond acceptors (Lipinski definition) is 2. The molecule has 0 aliphatic heterocycles. The van der Waals surface area contributed by atoms with E-state index in [1.54, 1.807) is 0 Å².